The van der Waals surface area contributed by atoms with Gasteiger partial charge >= 0.3 is 214 Å². The Hall–Kier alpha value is -0.400. The van der Waals surface area contributed by atoms with Crippen LogP contribution in [0.15, 0.2) is 47.5 Å². The van der Waals surface area contributed by atoms with Crippen molar-refractivity contribution in [2.45, 2.75) is 83.5 Å². The molecule has 0 radical (unpaired) electrons. The van der Waals surface area contributed by atoms with Gasteiger partial charge in [-0.05, 0) is 0 Å². The van der Waals surface area contributed by atoms with Gasteiger partial charge in [-0.25, -0.2) is 0 Å². The van der Waals surface area contributed by atoms with Crippen LogP contribution < -0.4 is 24.8 Å². The average Bonchev–Trinajstić information content (AvgIpc) is 3.68. The number of benzene rings is 2. The third-order valence-corrected chi connectivity index (χ3v) is 28.9. The second-order valence-electron chi connectivity index (χ2n) is 12.4. The van der Waals surface area contributed by atoms with Crippen LogP contribution in [-0.4, -0.2) is 5.43 Å². The normalized spacial score (nSPS) is 25.5. The average molecular weight is 611 g/mol. The van der Waals surface area contributed by atoms with E-state index in [1.165, 1.54) is 51.4 Å². The largest absolute Gasteiger partial charge is 1.00 e. The fourth-order valence-electron chi connectivity index (χ4n) is 7.38. The third kappa shape index (κ3) is 4.26. The molecule has 2 atom stereocenters. The summed E-state index contributed by atoms with van der Waals surface area (Å²) in [4.78, 5) is 0. The number of fused-ring (bicyclic) bond motifs is 2. The quantitative estimate of drug-likeness (QED) is 0.442. The number of halogens is 2. The number of rotatable bonds is 6. The van der Waals surface area contributed by atoms with E-state index in [1.54, 1.807) is 33.4 Å². The first kappa shape index (κ1) is 25.9. The molecular formula is C32H36Cl2SiZr. The Bertz CT molecular complexity index is 1220. The number of hydrogen-bond donors (Lipinski definition) is 0. The van der Waals surface area contributed by atoms with Crippen LogP contribution in [-0.2, 0) is 20.4 Å². The van der Waals surface area contributed by atoms with E-state index in [0.717, 1.165) is 30.9 Å². The van der Waals surface area contributed by atoms with Gasteiger partial charge in [0, 0.05) is 0 Å². The summed E-state index contributed by atoms with van der Waals surface area (Å²) in [7, 11) is 0. The van der Waals surface area contributed by atoms with Crippen molar-refractivity contribution >= 4 is 17.6 Å². The van der Waals surface area contributed by atoms with Crippen molar-refractivity contribution in [3.8, 4) is 0 Å². The second kappa shape index (κ2) is 9.66. The smallest absolute Gasteiger partial charge is 1.00 e. The summed E-state index contributed by atoms with van der Waals surface area (Å²) >= 11 is -1.92. The van der Waals surface area contributed by atoms with Gasteiger partial charge in [0.1, 0.15) is 0 Å². The molecule has 0 aromatic heterocycles. The van der Waals surface area contributed by atoms with Crippen molar-refractivity contribution in [1.29, 1.82) is 0 Å². The minimum atomic E-state index is -1.92. The van der Waals surface area contributed by atoms with Crippen molar-refractivity contribution in [2.75, 3.05) is 0 Å². The van der Waals surface area contributed by atoms with E-state index in [2.05, 4.69) is 61.6 Å². The van der Waals surface area contributed by atoms with Crippen LogP contribution >= 0.6 is 0 Å². The second-order valence-corrected chi connectivity index (χ2v) is 30.3. The summed E-state index contributed by atoms with van der Waals surface area (Å²) in [5.74, 6) is 3.54. The van der Waals surface area contributed by atoms with Gasteiger partial charge in [0.2, 0.25) is 0 Å². The summed E-state index contributed by atoms with van der Waals surface area (Å²) in [6, 6.07) is 15.0. The molecule has 4 fully saturated rings. The minimum absolute atomic E-state index is 0. The van der Waals surface area contributed by atoms with Gasteiger partial charge in [-0.1, -0.05) is 0 Å². The summed E-state index contributed by atoms with van der Waals surface area (Å²) in [5, 5.41) is 0. The van der Waals surface area contributed by atoms with E-state index in [4.69, 9.17) is 0 Å². The molecule has 36 heavy (non-hydrogen) atoms. The Balaban J connectivity index is 0.00000120. The van der Waals surface area contributed by atoms with Gasteiger partial charge in [-0.15, -0.1) is 0 Å². The van der Waals surface area contributed by atoms with Crippen LogP contribution in [0.5, 0.6) is 0 Å². The Morgan fingerprint density at radius 3 is 1.25 bits per heavy atom. The topological polar surface area (TPSA) is 0 Å². The molecule has 2 aromatic carbocycles. The Kier molecular flexibility index (Phi) is 6.94. The number of allylic oxidation sites excluding steroid dienone is 2. The molecule has 4 saturated carbocycles. The molecule has 0 bridgehead atoms. The van der Waals surface area contributed by atoms with Crippen molar-refractivity contribution in [2.24, 2.45) is 11.8 Å². The maximum atomic E-state index is 2.77. The summed E-state index contributed by atoms with van der Waals surface area (Å²) in [5.41, 5.74) is 14.0. The first-order valence-corrected chi connectivity index (χ1v) is 23.1. The Morgan fingerprint density at radius 2 is 0.917 bits per heavy atom. The fraction of sp³-hybridized carbons (Fsp3) is 0.500. The van der Waals surface area contributed by atoms with E-state index >= 15 is 0 Å². The first-order chi connectivity index (χ1) is 16.7. The van der Waals surface area contributed by atoms with Gasteiger partial charge in [0.05, 0.1) is 0 Å². The molecule has 2 unspecified atom stereocenters. The molecule has 186 valence electrons. The SMILES string of the molecule is C[Si](C)=[Zr+2]([CH]1C(C2CC2)=Cc2c(C3CC3)cccc21)[CH]1C(C2CC2)=Cc2c(C3CC3)cccc21.[Cl-].[Cl-]. The predicted molar refractivity (Wildman–Crippen MR) is 141 cm³/mol. The van der Waals surface area contributed by atoms with E-state index < -0.39 is 20.4 Å². The minimum Gasteiger partial charge on any atom is -1.00 e. The van der Waals surface area contributed by atoms with Crippen molar-refractivity contribution < 1.29 is 45.2 Å². The maximum absolute atomic E-state index is 2.77. The van der Waals surface area contributed by atoms with Crippen LogP contribution in [0.25, 0.3) is 12.2 Å². The molecule has 6 aliphatic carbocycles. The zero-order chi connectivity index (χ0) is 22.6. The molecule has 2 aromatic rings. The molecule has 0 nitrogen and oxygen atoms in total. The standard InChI is InChI=1S/2C15H15.C2H6Si.2ClH.Zr/c2*1-2-12-8-13(10-4-5-10)9-15(12)14(3-1)11-6-7-11;1-3-2;;;/h2*1-3,8-11H,4-7H2;1-2H3;2*1H;/q;;;;;+2/p-2. The molecular weight excluding hydrogens is 575 g/mol. The van der Waals surface area contributed by atoms with Gasteiger partial charge < -0.3 is 24.8 Å². The van der Waals surface area contributed by atoms with Crippen molar-refractivity contribution in [1.82, 2.24) is 0 Å². The van der Waals surface area contributed by atoms with Crippen molar-refractivity contribution in [3.05, 3.63) is 80.9 Å². The molecule has 0 aliphatic heterocycles. The van der Waals surface area contributed by atoms with E-state index in [0.29, 0.717) is 0 Å². The van der Waals surface area contributed by atoms with Crippen molar-refractivity contribution in [3.63, 3.8) is 0 Å². The molecule has 4 heteroatoms. The third-order valence-electron chi connectivity index (χ3n) is 9.59. The maximum Gasteiger partial charge on any atom is -1.00 e. The van der Waals surface area contributed by atoms with E-state index in [-0.39, 0.29) is 30.2 Å². The predicted octanol–water partition coefficient (Wildman–Crippen LogP) is 2.72. The molecule has 0 spiro atoms. The fourth-order valence-corrected chi connectivity index (χ4v) is 27.9. The van der Waals surface area contributed by atoms with Crippen LogP contribution in [0, 0.1) is 11.8 Å². The molecule has 0 N–H and O–H groups in total. The molecule has 0 heterocycles. The van der Waals surface area contributed by atoms with Crippen LogP contribution in [0.4, 0.5) is 0 Å². The van der Waals surface area contributed by atoms with Gasteiger partial charge in [0.15, 0.2) is 0 Å². The van der Waals surface area contributed by atoms with Gasteiger partial charge in [-0.2, -0.15) is 0 Å². The van der Waals surface area contributed by atoms with Gasteiger partial charge in [0.25, 0.3) is 0 Å². The molecule has 0 saturated heterocycles. The monoisotopic (exact) mass is 608 g/mol. The van der Waals surface area contributed by atoms with Crippen LogP contribution in [0.2, 0.25) is 13.1 Å². The summed E-state index contributed by atoms with van der Waals surface area (Å²) in [6.45, 7) is 5.44. The first-order valence-electron chi connectivity index (χ1n) is 14.0. The zero-order valence-corrected chi connectivity index (χ0v) is 26.5. The number of hydrogen-bond acceptors (Lipinski definition) is 0. The van der Waals surface area contributed by atoms with Gasteiger partial charge in [-0.3, -0.25) is 0 Å². The molecule has 0 amide bonds. The summed E-state index contributed by atoms with van der Waals surface area (Å²) in [6.07, 6.45) is 17.1. The summed E-state index contributed by atoms with van der Waals surface area (Å²) < 4.78 is 1.71. The van der Waals surface area contributed by atoms with Crippen LogP contribution in [0.3, 0.4) is 0 Å². The molecule has 6 aliphatic rings. The van der Waals surface area contributed by atoms with Crippen LogP contribution in [0.1, 0.15) is 104 Å². The molecule has 8 rings (SSSR count). The Morgan fingerprint density at radius 1 is 0.556 bits per heavy atom. The van der Waals surface area contributed by atoms with E-state index in [1.807, 2.05) is 11.1 Å². The Labute approximate surface area is 237 Å². The van der Waals surface area contributed by atoms with E-state index in [9.17, 15) is 0 Å². The zero-order valence-electron chi connectivity index (χ0n) is 21.5.